The molecule has 4 aromatic rings. The van der Waals surface area contributed by atoms with E-state index in [2.05, 4.69) is 25.3 Å². The summed E-state index contributed by atoms with van der Waals surface area (Å²) in [6, 6.07) is 11.2. The number of amides is 2. The minimum absolute atomic E-state index is 0.00433. The van der Waals surface area contributed by atoms with Crippen LogP contribution < -0.4 is 15.4 Å². The zero-order valence-electron chi connectivity index (χ0n) is 19.3. The van der Waals surface area contributed by atoms with E-state index < -0.39 is 32.7 Å². The number of benzene rings is 2. The second-order valence-corrected chi connectivity index (χ2v) is 9.61. The Morgan fingerprint density at radius 2 is 1.78 bits per heavy atom. The Kier molecular flexibility index (Phi) is 7.16. The second kappa shape index (κ2) is 10.3. The van der Waals surface area contributed by atoms with Gasteiger partial charge < -0.3 is 15.2 Å². The third-order valence-electron chi connectivity index (χ3n) is 5.14. The Labute approximate surface area is 210 Å². The Morgan fingerprint density at radius 3 is 2.41 bits per heavy atom. The number of hydrogen-bond acceptors (Lipinski definition) is 5. The molecule has 0 saturated heterocycles. The lowest BCUT2D eigenvalue weighted by atomic mass is 10.2. The van der Waals surface area contributed by atoms with Crippen LogP contribution in [-0.4, -0.2) is 29.0 Å². The van der Waals surface area contributed by atoms with E-state index in [-0.39, 0.29) is 17.9 Å². The molecule has 13 heteroatoms. The van der Waals surface area contributed by atoms with Gasteiger partial charge in [0.1, 0.15) is 4.90 Å². The smallest absolute Gasteiger partial charge is 0.334 e. The molecule has 0 radical (unpaired) electrons. The monoisotopic (exact) mass is 530 g/mol. The molecule has 0 bridgehead atoms. The first kappa shape index (κ1) is 25.7. The van der Waals surface area contributed by atoms with E-state index in [9.17, 15) is 26.4 Å². The van der Waals surface area contributed by atoms with Crippen LogP contribution in [0.1, 0.15) is 16.8 Å². The molecular formula is C24H21F3N6O3S. The van der Waals surface area contributed by atoms with E-state index in [0.717, 1.165) is 17.7 Å². The average Bonchev–Trinajstić information content (AvgIpc) is 3.29. The van der Waals surface area contributed by atoms with Crippen LogP contribution in [0.3, 0.4) is 0 Å². The van der Waals surface area contributed by atoms with Crippen molar-refractivity contribution in [3.63, 3.8) is 0 Å². The zero-order valence-corrected chi connectivity index (χ0v) is 20.1. The maximum atomic E-state index is 13.3. The van der Waals surface area contributed by atoms with Crippen LogP contribution in [0.4, 0.5) is 29.3 Å². The molecule has 0 aliphatic rings. The van der Waals surface area contributed by atoms with Gasteiger partial charge in [0.25, 0.3) is 10.0 Å². The van der Waals surface area contributed by atoms with Gasteiger partial charge in [-0.25, -0.2) is 18.2 Å². The van der Waals surface area contributed by atoms with Crippen LogP contribution in [0.15, 0.2) is 84.4 Å². The highest BCUT2D eigenvalue weighted by molar-refractivity contribution is 7.92. The molecule has 2 heterocycles. The molecule has 0 saturated carbocycles. The summed E-state index contributed by atoms with van der Waals surface area (Å²) in [6.45, 7) is 1.93. The van der Waals surface area contributed by atoms with Gasteiger partial charge in [0, 0.05) is 36.5 Å². The molecular weight excluding hydrogens is 509 g/mol. The number of carbonyl (C=O) groups is 1. The SMILES string of the molecule is Cc1cn(-c2ccc(C(F)(F)F)cc2S(=O)(=O)Nc2ccc(NC(=O)NCc3cccnc3)cc2)cn1. The van der Waals surface area contributed by atoms with E-state index in [1.165, 1.54) is 41.4 Å². The lowest BCUT2D eigenvalue weighted by Gasteiger charge is -2.16. The summed E-state index contributed by atoms with van der Waals surface area (Å²) in [6.07, 6.45) is 1.31. The predicted molar refractivity (Wildman–Crippen MR) is 131 cm³/mol. The molecule has 192 valence electrons. The molecule has 37 heavy (non-hydrogen) atoms. The number of urea groups is 1. The third-order valence-corrected chi connectivity index (χ3v) is 6.55. The number of nitrogens with one attached hydrogen (secondary N) is 3. The molecule has 2 aromatic carbocycles. The molecule has 0 unspecified atom stereocenters. The first-order valence-corrected chi connectivity index (χ1v) is 12.3. The highest BCUT2D eigenvalue weighted by atomic mass is 32.2. The summed E-state index contributed by atoms with van der Waals surface area (Å²) in [5, 5.41) is 5.27. The summed E-state index contributed by atoms with van der Waals surface area (Å²) in [5.41, 5.74) is 0.729. The number of carbonyl (C=O) groups excluding carboxylic acids is 1. The van der Waals surface area contributed by atoms with Crippen molar-refractivity contribution in [2.45, 2.75) is 24.5 Å². The Bertz CT molecular complexity index is 1500. The van der Waals surface area contributed by atoms with E-state index in [1.807, 2.05) is 0 Å². The quantitative estimate of drug-likeness (QED) is 0.320. The standard InChI is InChI=1S/C24H21F3N6O3S/c1-16-14-33(15-30-16)21-9-4-18(24(25,26)27)11-22(21)37(35,36)32-20-7-5-19(6-8-20)31-23(34)29-13-17-3-2-10-28-12-17/h2-12,14-15,32H,13H2,1H3,(H2,29,31,34). The van der Waals surface area contributed by atoms with Crippen molar-refractivity contribution in [3.05, 3.63) is 96.3 Å². The number of aromatic nitrogens is 3. The Morgan fingerprint density at radius 1 is 1.05 bits per heavy atom. The van der Waals surface area contributed by atoms with Crippen molar-refractivity contribution >= 4 is 27.4 Å². The first-order chi connectivity index (χ1) is 17.5. The van der Waals surface area contributed by atoms with E-state index in [1.54, 1.807) is 31.5 Å². The van der Waals surface area contributed by atoms with Crippen molar-refractivity contribution in [3.8, 4) is 5.69 Å². The summed E-state index contributed by atoms with van der Waals surface area (Å²) in [4.78, 5) is 19.5. The normalized spacial score (nSPS) is 11.7. The molecule has 4 rings (SSSR count). The van der Waals surface area contributed by atoms with Gasteiger partial charge in [-0.05, 0) is 61.0 Å². The molecule has 2 aromatic heterocycles. The van der Waals surface area contributed by atoms with Crippen LogP contribution >= 0.6 is 0 Å². The number of imidazole rings is 1. The van der Waals surface area contributed by atoms with Crippen molar-refractivity contribution < 1.29 is 26.4 Å². The molecule has 0 aliphatic heterocycles. The predicted octanol–water partition coefficient (Wildman–Crippen LogP) is 4.72. The zero-order chi connectivity index (χ0) is 26.6. The first-order valence-electron chi connectivity index (χ1n) is 10.8. The summed E-state index contributed by atoms with van der Waals surface area (Å²) >= 11 is 0. The van der Waals surface area contributed by atoms with E-state index >= 15 is 0 Å². The summed E-state index contributed by atoms with van der Waals surface area (Å²) in [5.74, 6) is 0. The number of nitrogens with zero attached hydrogens (tertiary/aromatic N) is 3. The fourth-order valence-electron chi connectivity index (χ4n) is 3.36. The Balaban J connectivity index is 1.51. The molecule has 0 atom stereocenters. The number of sulfonamides is 1. The van der Waals surface area contributed by atoms with Crippen molar-refractivity contribution in [1.82, 2.24) is 19.9 Å². The molecule has 0 aliphatic carbocycles. The van der Waals surface area contributed by atoms with E-state index in [0.29, 0.717) is 17.4 Å². The van der Waals surface area contributed by atoms with Crippen LogP contribution in [0.25, 0.3) is 5.69 Å². The molecule has 3 N–H and O–H groups in total. The van der Waals surface area contributed by atoms with Crippen LogP contribution in [-0.2, 0) is 22.7 Å². The molecule has 0 fully saturated rings. The number of alkyl halides is 3. The Hall–Kier alpha value is -4.39. The van der Waals surface area contributed by atoms with Crippen LogP contribution in [0, 0.1) is 6.92 Å². The van der Waals surface area contributed by atoms with Gasteiger partial charge in [0.15, 0.2) is 0 Å². The lowest BCUT2D eigenvalue weighted by Crippen LogP contribution is -2.28. The second-order valence-electron chi connectivity index (χ2n) is 7.95. The highest BCUT2D eigenvalue weighted by Gasteiger charge is 2.33. The highest BCUT2D eigenvalue weighted by Crippen LogP contribution is 2.33. The maximum Gasteiger partial charge on any atom is 0.416 e. The van der Waals surface area contributed by atoms with Crippen LogP contribution in [0.2, 0.25) is 0 Å². The summed E-state index contributed by atoms with van der Waals surface area (Å²) < 4.78 is 70.0. The number of pyridine rings is 1. The third kappa shape index (κ3) is 6.44. The van der Waals surface area contributed by atoms with Crippen molar-refractivity contribution in [2.75, 3.05) is 10.0 Å². The largest absolute Gasteiger partial charge is 0.416 e. The van der Waals surface area contributed by atoms with Crippen LogP contribution in [0.5, 0.6) is 0 Å². The van der Waals surface area contributed by atoms with Crippen molar-refractivity contribution in [2.24, 2.45) is 0 Å². The van der Waals surface area contributed by atoms with Crippen molar-refractivity contribution in [1.29, 1.82) is 0 Å². The summed E-state index contributed by atoms with van der Waals surface area (Å²) in [7, 11) is -4.45. The number of rotatable bonds is 7. The van der Waals surface area contributed by atoms with Gasteiger partial charge >= 0.3 is 12.2 Å². The number of halogens is 3. The minimum atomic E-state index is -4.74. The van der Waals surface area contributed by atoms with E-state index in [4.69, 9.17) is 0 Å². The molecule has 0 spiro atoms. The fraction of sp³-hybridized carbons (Fsp3) is 0.125. The van der Waals surface area contributed by atoms with Gasteiger partial charge in [-0.3, -0.25) is 9.71 Å². The lowest BCUT2D eigenvalue weighted by molar-refractivity contribution is -0.137. The molecule has 2 amide bonds. The van der Waals surface area contributed by atoms with Gasteiger partial charge in [0.05, 0.1) is 23.3 Å². The fourth-order valence-corrected chi connectivity index (χ4v) is 4.65. The number of anilines is 2. The van der Waals surface area contributed by atoms with Gasteiger partial charge in [-0.2, -0.15) is 13.2 Å². The van der Waals surface area contributed by atoms with Gasteiger partial charge in [-0.15, -0.1) is 0 Å². The van der Waals surface area contributed by atoms with Gasteiger partial charge in [-0.1, -0.05) is 6.07 Å². The van der Waals surface area contributed by atoms with Gasteiger partial charge in [0.2, 0.25) is 0 Å². The number of hydrogen-bond donors (Lipinski definition) is 3. The maximum absolute atomic E-state index is 13.3. The topological polar surface area (TPSA) is 118 Å². The average molecular weight is 531 g/mol. The number of aryl methyl sites for hydroxylation is 1. The minimum Gasteiger partial charge on any atom is -0.334 e. The molecule has 9 nitrogen and oxygen atoms in total.